The Morgan fingerprint density at radius 1 is 1.11 bits per heavy atom. The first-order valence-corrected chi connectivity index (χ1v) is 7.38. The van der Waals surface area contributed by atoms with Gasteiger partial charge in [-0.05, 0) is 44.5 Å². The van der Waals surface area contributed by atoms with Crippen LogP contribution in [0.4, 0.5) is 5.82 Å². The molecule has 3 heterocycles. The predicted molar refractivity (Wildman–Crippen MR) is 76.0 cm³/mol. The quantitative estimate of drug-likeness (QED) is 0.879. The summed E-state index contributed by atoms with van der Waals surface area (Å²) in [6.45, 7) is 5.20. The van der Waals surface area contributed by atoms with E-state index in [0.29, 0.717) is 12.6 Å². The van der Waals surface area contributed by atoms with E-state index in [4.69, 9.17) is 5.73 Å². The van der Waals surface area contributed by atoms with Gasteiger partial charge in [-0.15, -0.1) is 5.10 Å². The molecule has 0 bridgehead atoms. The third kappa shape index (κ3) is 2.87. The van der Waals surface area contributed by atoms with Gasteiger partial charge in [-0.1, -0.05) is 6.42 Å². The van der Waals surface area contributed by atoms with Crippen LogP contribution < -0.4 is 10.6 Å². The van der Waals surface area contributed by atoms with Gasteiger partial charge < -0.3 is 10.6 Å². The van der Waals surface area contributed by atoms with Gasteiger partial charge >= 0.3 is 0 Å². The lowest BCUT2D eigenvalue weighted by Crippen LogP contribution is -2.41. The maximum Gasteiger partial charge on any atom is 0.151 e. The minimum absolute atomic E-state index is 0.462. The second kappa shape index (κ2) is 5.84. The summed E-state index contributed by atoms with van der Waals surface area (Å²) in [4.78, 5) is 5.01. The van der Waals surface area contributed by atoms with Crippen molar-refractivity contribution in [3.8, 4) is 0 Å². The zero-order valence-electron chi connectivity index (χ0n) is 11.5. The van der Waals surface area contributed by atoms with Crippen LogP contribution in [0.1, 0.15) is 31.4 Å². The number of aromatic nitrogens is 2. The largest absolute Gasteiger partial charge is 0.354 e. The number of anilines is 1. The summed E-state index contributed by atoms with van der Waals surface area (Å²) in [6.07, 6.45) is 5.38. The van der Waals surface area contributed by atoms with Gasteiger partial charge in [-0.2, -0.15) is 5.10 Å². The highest BCUT2D eigenvalue weighted by Crippen LogP contribution is 2.23. The molecular formula is C14H23N5. The number of piperidine rings is 1. The molecule has 5 heteroatoms. The summed E-state index contributed by atoms with van der Waals surface area (Å²) < 4.78 is 0. The molecule has 104 valence electrons. The van der Waals surface area contributed by atoms with E-state index in [-0.39, 0.29) is 0 Å². The smallest absolute Gasteiger partial charge is 0.151 e. The molecule has 19 heavy (non-hydrogen) atoms. The normalized spacial score (nSPS) is 24.9. The van der Waals surface area contributed by atoms with Crippen molar-refractivity contribution in [2.75, 3.05) is 31.1 Å². The van der Waals surface area contributed by atoms with E-state index in [1.54, 1.807) is 0 Å². The van der Waals surface area contributed by atoms with E-state index >= 15 is 0 Å². The molecule has 0 aliphatic carbocycles. The summed E-state index contributed by atoms with van der Waals surface area (Å²) in [6, 6.07) is 4.74. The van der Waals surface area contributed by atoms with Crippen LogP contribution in [0.3, 0.4) is 0 Å². The van der Waals surface area contributed by atoms with Crippen LogP contribution in [-0.4, -0.2) is 47.3 Å². The Balaban J connectivity index is 1.61. The second-order valence-corrected chi connectivity index (χ2v) is 5.57. The number of hydrogen-bond donors (Lipinski definition) is 1. The van der Waals surface area contributed by atoms with Gasteiger partial charge in [0, 0.05) is 25.7 Å². The van der Waals surface area contributed by atoms with E-state index in [1.165, 1.54) is 38.8 Å². The molecule has 1 aromatic rings. The number of nitrogens with two attached hydrogens (primary N) is 1. The number of hydrogen-bond acceptors (Lipinski definition) is 5. The first kappa shape index (κ1) is 12.8. The van der Waals surface area contributed by atoms with E-state index in [1.807, 2.05) is 12.1 Å². The second-order valence-electron chi connectivity index (χ2n) is 5.57. The van der Waals surface area contributed by atoms with Crippen molar-refractivity contribution < 1.29 is 0 Å². The lowest BCUT2D eigenvalue weighted by molar-refractivity contribution is 0.174. The van der Waals surface area contributed by atoms with Gasteiger partial charge in [0.15, 0.2) is 5.82 Å². The van der Waals surface area contributed by atoms with Crippen LogP contribution in [0.25, 0.3) is 0 Å². The van der Waals surface area contributed by atoms with E-state index < -0.39 is 0 Å². The Morgan fingerprint density at radius 3 is 2.63 bits per heavy atom. The van der Waals surface area contributed by atoms with Gasteiger partial charge in [-0.3, -0.25) is 4.90 Å². The first-order valence-electron chi connectivity index (χ1n) is 7.38. The first-order chi connectivity index (χ1) is 9.36. The fourth-order valence-electron chi connectivity index (χ4n) is 3.16. The zero-order valence-corrected chi connectivity index (χ0v) is 11.5. The van der Waals surface area contributed by atoms with Crippen LogP contribution in [0.5, 0.6) is 0 Å². The average molecular weight is 261 g/mol. The molecule has 0 saturated carbocycles. The summed E-state index contributed by atoms with van der Waals surface area (Å²) in [5, 5.41) is 8.44. The van der Waals surface area contributed by atoms with Crippen molar-refractivity contribution in [2.24, 2.45) is 5.73 Å². The van der Waals surface area contributed by atoms with Crippen LogP contribution in [0.2, 0.25) is 0 Å². The van der Waals surface area contributed by atoms with Gasteiger partial charge in [0.2, 0.25) is 0 Å². The molecule has 2 saturated heterocycles. The molecule has 2 aliphatic heterocycles. The van der Waals surface area contributed by atoms with Crippen LogP contribution >= 0.6 is 0 Å². The molecule has 2 N–H and O–H groups in total. The Kier molecular flexibility index (Phi) is 3.94. The van der Waals surface area contributed by atoms with Gasteiger partial charge in [0.05, 0.1) is 5.69 Å². The van der Waals surface area contributed by atoms with E-state index in [0.717, 1.165) is 24.6 Å². The van der Waals surface area contributed by atoms with Gasteiger partial charge in [0.25, 0.3) is 0 Å². The molecule has 5 nitrogen and oxygen atoms in total. The summed E-state index contributed by atoms with van der Waals surface area (Å²) >= 11 is 0. The third-order valence-corrected chi connectivity index (χ3v) is 4.31. The van der Waals surface area contributed by atoms with Crippen molar-refractivity contribution in [3.05, 3.63) is 17.8 Å². The molecule has 2 fully saturated rings. The lowest BCUT2D eigenvalue weighted by atomic mass is 10.1. The maximum absolute atomic E-state index is 5.55. The van der Waals surface area contributed by atoms with Crippen molar-refractivity contribution in [2.45, 2.75) is 38.3 Å². The zero-order chi connectivity index (χ0) is 13.1. The Bertz CT molecular complexity index is 399. The Labute approximate surface area is 114 Å². The van der Waals surface area contributed by atoms with Crippen molar-refractivity contribution in [3.63, 3.8) is 0 Å². The van der Waals surface area contributed by atoms with Gasteiger partial charge in [-0.25, -0.2) is 0 Å². The predicted octanol–water partition coefficient (Wildman–Crippen LogP) is 1.000. The molecule has 0 amide bonds. The molecule has 0 radical (unpaired) electrons. The highest BCUT2D eigenvalue weighted by atomic mass is 15.3. The Morgan fingerprint density at radius 2 is 1.95 bits per heavy atom. The number of rotatable bonds is 3. The lowest BCUT2D eigenvalue weighted by Gasteiger charge is -2.32. The molecule has 1 aromatic heterocycles. The molecule has 1 atom stereocenters. The third-order valence-electron chi connectivity index (χ3n) is 4.31. The molecule has 2 aliphatic rings. The fourth-order valence-corrected chi connectivity index (χ4v) is 3.16. The van der Waals surface area contributed by atoms with E-state index in [2.05, 4.69) is 20.0 Å². The van der Waals surface area contributed by atoms with Crippen molar-refractivity contribution in [1.82, 2.24) is 15.1 Å². The molecule has 1 unspecified atom stereocenters. The molecule has 0 aromatic carbocycles. The van der Waals surface area contributed by atoms with Gasteiger partial charge in [0.1, 0.15) is 0 Å². The summed E-state index contributed by atoms with van der Waals surface area (Å²) in [7, 11) is 0. The molecule has 0 spiro atoms. The maximum atomic E-state index is 5.55. The van der Waals surface area contributed by atoms with E-state index in [9.17, 15) is 0 Å². The topological polar surface area (TPSA) is 58.3 Å². The van der Waals surface area contributed by atoms with Crippen LogP contribution in [0.15, 0.2) is 12.1 Å². The minimum atomic E-state index is 0.462. The summed E-state index contributed by atoms with van der Waals surface area (Å²) in [5.41, 5.74) is 6.41. The van der Waals surface area contributed by atoms with Crippen LogP contribution in [-0.2, 0) is 6.54 Å². The summed E-state index contributed by atoms with van der Waals surface area (Å²) in [5.74, 6) is 0.997. The van der Waals surface area contributed by atoms with Crippen LogP contribution in [0, 0.1) is 0 Å². The molecular weight excluding hydrogens is 238 g/mol. The van der Waals surface area contributed by atoms with Crippen molar-refractivity contribution in [1.29, 1.82) is 0 Å². The monoisotopic (exact) mass is 261 g/mol. The fraction of sp³-hybridized carbons (Fsp3) is 0.714. The minimum Gasteiger partial charge on any atom is -0.354 e. The highest BCUT2D eigenvalue weighted by molar-refractivity contribution is 5.39. The standard InChI is InChI=1S/C14H23N5/c15-10-12-4-5-14(17-16-12)19-9-6-13(11-19)18-7-2-1-3-8-18/h4-5,13H,1-3,6-11,15H2. The number of likely N-dealkylation sites (tertiary alicyclic amines) is 1. The number of nitrogens with zero attached hydrogens (tertiary/aromatic N) is 4. The SMILES string of the molecule is NCc1ccc(N2CCC(N3CCCCC3)C2)nn1. The Hall–Kier alpha value is -1.20. The average Bonchev–Trinajstić information content (AvgIpc) is 2.98. The molecule has 3 rings (SSSR count). The van der Waals surface area contributed by atoms with Crippen molar-refractivity contribution >= 4 is 5.82 Å². The highest BCUT2D eigenvalue weighted by Gasteiger charge is 2.29.